The molecule has 0 bridgehead atoms. The van der Waals surface area contributed by atoms with E-state index in [9.17, 15) is 0 Å². The highest BCUT2D eigenvalue weighted by Crippen LogP contribution is 2.32. The molecule has 0 aliphatic carbocycles. The van der Waals surface area contributed by atoms with Gasteiger partial charge in [-0.05, 0) is 36.1 Å². The number of aliphatic imine (C=N–C) groups is 1. The lowest BCUT2D eigenvalue weighted by Gasteiger charge is -2.03. The first kappa shape index (κ1) is 9.67. The van der Waals surface area contributed by atoms with E-state index in [1.165, 1.54) is 5.39 Å². The average Bonchev–Trinajstić information content (AvgIpc) is 2.83. The van der Waals surface area contributed by atoms with E-state index in [1.807, 2.05) is 13.1 Å². The van der Waals surface area contributed by atoms with Gasteiger partial charge in [0.2, 0.25) is 0 Å². The molecule has 16 heavy (non-hydrogen) atoms. The normalized spacial score (nSPS) is 16.0. The minimum absolute atomic E-state index is 0.632. The standard InChI is InChI=1S/C13H11ClN2/c1-8-6-11(13(14)16-8)9-2-3-12-10(7-9)4-5-15-12/h2-5,7,15H,6H2,1H3. The molecule has 0 fully saturated rings. The minimum Gasteiger partial charge on any atom is -0.361 e. The van der Waals surface area contributed by atoms with Gasteiger partial charge in [0.1, 0.15) is 5.16 Å². The Kier molecular flexibility index (Phi) is 2.11. The number of benzene rings is 1. The number of allylic oxidation sites excluding steroid dienone is 1. The van der Waals surface area contributed by atoms with Gasteiger partial charge in [-0.25, -0.2) is 4.99 Å². The van der Waals surface area contributed by atoms with Crippen molar-refractivity contribution < 1.29 is 0 Å². The molecule has 2 nitrogen and oxygen atoms in total. The quantitative estimate of drug-likeness (QED) is 0.719. The van der Waals surface area contributed by atoms with Gasteiger partial charge in [-0.2, -0.15) is 0 Å². The molecule has 3 rings (SSSR count). The first-order valence-electron chi connectivity index (χ1n) is 5.24. The zero-order valence-electron chi connectivity index (χ0n) is 8.92. The Morgan fingerprint density at radius 2 is 2.19 bits per heavy atom. The number of nitrogens with zero attached hydrogens (tertiary/aromatic N) is 1. The van der Waals surface area contributed by atoms with Crippen LogP contribution in [0.2, 0.25) is 0 Å². The third-order valence-electron chi connectivity index (χ3n) is 2.87. The molecule has 1 aromatic heterocycles. The fraction of sp³-hybridized carbons (Fsp3) is 0.154. The van der Waals surface area contributed by atoms with E-state index in [0.29, 0.717) is 5.16 Å². The van der Waals surface area contributed by atoms with Crippen molar-refractivity contribution in [2.45, 2.75) is 13.3 Å². The maximum Gasteiger partial charge on any atom is 0.133 e. The van der Waals surface area contributed by atoms with Crippen LogP contribution < -0.4 is 0 Å². The Balaban J connectivity index is 2.10. The molecule has 2 aromatic rings. The summed E-state index contributed by atoms with van der Waals surface area (Å²) in [6.45, 7) is 2.00. The molecule has 0 saturated heterocycles. The summed E-state index contributed by atoms with van der Waals surface area (Å²) in [7, 11) is 0. The van der Waals surface area contributed by atoms with Crippen LogP contribution >= 0.6 is 11.6 Å². The molecule has 0 saturated carbocycles. The first-order valence-corrected chi connectivity index (χ1v) is 5.62. The second kappa shape index (κ2) is 3.49. The third kappa shape index (κ3) is 1.46. The van der Waals surface area contributed by atoms with Crippen LogP contribution in [0, 0.1) is 0 Å². The van der Waals surface area contributed by atoms with Crippen molar-refractivity contribution in [1.82, 2.24) is 4.98 Å². The summed E-state index contributed by atoms with van der Waals surface area (Å²) in [5.74, 6) is 0. The number of fused-ring (bicyclic) bond motifs is 1. The summed E-state index contributed by atoms with van der Waals surface area (Å²) in [4.78, 5) is 7.45. The monoisotopic (exact) mass is 230 g/mol. The summed E-state index contributed by atoms with van der Waals surface area (Å²) in [5, 5.41) is 1.84. The number of rotatable bonds is 1. The van der Waals surface area contributed by atoms with E-state index in [4.69, 9.17) is 11.6 Å². The molecular weight excluding hydrogens is 220 g/mol. The Hall–Kier alpha value is -1.54. The number of aromatic amines is 1. The van der Waals surface area contributed by atoms with Gasteiger partial charge in [0, 0.05) is 29.4 Å². The van der Waals surface area contributed by atoms with Crippen molar-refractivity contribution in [3.8, 4) is 0 Å². The van der Waals surface area contributed by atoms with Crippen molar-refractivity contribution in [3.63, 3.8) is 0 Å². The Bertz CT molecular complexity index is 620. The molecule has 1 aliphatic heterocycles. The lowest BCUT2D eigenvalue weighted by Crippen LogP contribution is -1.88. The maximum atomic E-state index is 6.12. The highest BCUT2D eigenvalue weighted by atomic mass is 35.5. The fourth-order valence-corrected chi connectivity index (χ4v) is 2.39. The van der Waals surface area contributed by atoms with Crippen molar-refractivity contribution in [2.24, 2.45) is 4.99 Å². The number of halogens is 1. The van der Waals surface area contributed by atoms with Gasteiger partial charge in [-0.1, -0.05) is 17.7 Å². The molecule has 1 aliphatic rings. The van der Waals surface area contributed by atoms with Gasteiger partial charge in [0.25, 0.3) is 0 Å². The smallest absolute Gasteiger partial charge is 0.133 e. The van der Waals surface area contributed by atoms with E-state index >= 15 is 0 Å². The van der Waals surface area contributed by atoms with Gasteiger partial charge < -0.3 is 4.98 Å². The Labute approximate surface area is 98.7 Å². The molecule has 1 N–H and O–H groups in total. The first-order chi connectivity index (χ1) is 7.74. The van der Waals surface area contributed by atoms with Crippen LogP contribution in [0.25, 0.3) is 16.5 Å². The van der Waals surface area contributed by atoms with Gasteiger partial charge in [0.15, 0.2) is 0 Å². The second-order valence-corrected chi connectivity index (χ2v) is 4.43. The molecule has 0 unspecified atom stereocenters. The van der Waals surface area contributed by atoms with Crippen molar-refractivity contribution >= 4 is 33.8 Å². The van der Waals surface area contributed by atoms with E-state index in [0.717, 1.165) is 28.8 Å². The molecule has 2 heterocycles. The Morgan fingerprint density at radius 1 is 1.31 bits per heavy atom. The van der Waals surface area contributed by atoms with Crippen LogP contribution in [0.1, 0.15) is 18.9 Å². The summed E-state index contributed by atoms with van der Waals surface area (Å²) in [6, 6.07) is 8.38. The highest BCUT2D eigenvalue weighted by Gasteiger charge is 2.15. The largest absolute Gasteiger partial charge is 0.361 e. The average molecular weight is 231 g/mol. The third-order valence-corrected chi connectivity index (χ3v) is 3.19. The lowest BCUT2D eigenvalue weighted by molar-refractivity contribution is 1.46. The molecule has 3 heteroatoms. The molecule has 80 valence electrons. The zero-order valence-corrected chi connectivity index (χ0v) is 9.67. The number of hydrogen-bond donors (Lipinski definition) is 1. The summed E-state index contributed by atoms with van der Waals surface area (Å²) < 4.78 is 0. The van der Waals surface area contributed by atoms with E-state index in [1.54, 1.807) is 0 Å². The van der Waals surface area contributed by atoms with Crippen LogP contribution in [-0.4, -0.2) is 10.7 Å². The van der Waals surface area contributed by atoms with Crippen molar-refractivity contribution in [2.75, 3.05) is 0 Å². The van der Waals surface area contributed by atoms with Gasteiger partial charge >= 0.3 is 0 Å². The number of aromatic nitrogens is 1. The summed E-state index contributed by atoms with van der Waals surface area (Å²) >= 11 is 6.12. The van der Waals surface area contributed by atoms with Gasteiger partial charge in [0.05, 0.1) is 0 Å². The van der Waals surface area contributed by atoms with Crippen LogP contribution in [-0.2, 0) is 0 Å². The zero-order chi connectivity index (χ0) is 11.1. The predicted molar refractivity (Wildman–Crippen MR) is 68.8 cm³/mol. The fourth-order valence-electron chi connectivity index (χ4n) is 2.07. The van der Waals surface area contributed by atoms with E-state index in [-0.39, 0.29) is 0 Å². The molecule has 0 radical (unpaired) electrons. The lowest BCUT2D eigenvalue weighted by atomic mass is 10.0. The van der Waals surface area contributed by atoms with E-state index < -0.39 is 0 Å². The number of H-pyrrole nitrogens is 1. The van der Waals surface area contributed by atoms with Crippen LogP contribution in [0.4, 0.5) is 0 Å². The van der Waals surface area contributed by atoms with E-state index in [2.05, 4.69) is 34.2 Å². The summed E-state index contributed by atoms with van der Waals surface area (Å²) in [5.41, 5.74) is 4.52. The van der Waals surface area contributed by atoms with Gasteiger partial charge in [-0.3, -0.25) is 0 Å². The highest BCUT2D eigenvalue weighted by molar-refractivity contribution is 6.35. The molecule has 0 spiro atoms. The minimum atomic E-state index is 0.632. The number of hydrogen-bond acceptors (Lipinski definition) is 1. The predicted octanol–water partition coefficient (Wildman–Crippen LogP) is 3.94. The second-order valence-electron chi connectivity index (χ2n) is 4.07. The van der Waals surface area contributed by atoms with Crippen LogP contribution in [0.5, 0.6) is 0 Å². The van der Waals surface area contributed by atoms with Crippen molar-refractivity contribution in [3.05, 3.63) is 41.2 Å². The van der Waals surface area contributed by atoms with Crippen LogP contribution in [0.3, 0.4) is 0 Å². The number of nitrogens with one attached hydrogen (secondary N) is 1. The SMILES string of the molecule is CC1=NC(Cl)=C(c2ccc3[nH]ccc3c2)C1. The van der Waals surface area contributed by atoms with Crippen molar-refractivity contribution in [1.29, 1.82) is 0 Å². The summed E-state index contributed by atoms with van der Waals surface area (Å²) in [6.07, 6.45) is 2.80. The van der Waals surface area contributed by atoms with Crippen LogP contribution in [0.15, 0.2) is 40.6 Å². The molecular formula is C13H11ClN2. The van der Waals surface area contributed by atoms with Gasteiger partial charge in [-0.15, -0.1) is 0 Å². The molecule has 0 amide bonds. The topological polar surface area (TPSA) is 28.1 Å². The molecule has 0 atom stereocenters. The maximum absolute atomic E-state index is 6.12. The Morgan fingerprint density at radius 3 is 2.94 bits per heavy atom. The molecule has 1 aromatic carbocycles.